The SMILES string of the molecule is Cc1ccc(S(=O)(=O)NN=C(CCl)CCl)cc1. The summed E-state index contributed by atoms with van der Waals surface area (Å²) in [5, 5.41) is 3.65. The maximum Gasteiger partial charge on any atom is 0.276 e. The molecule has 4 nitrogen and oxygen atoms in total. The summed E-state index contributed by atoms with van der Waals surface area (Å²) in [5.74, 6) is 0.167. The molecule has 0 heterocycles. The Morgan fingerprint density at radius 3 is 2.24 bits per heavy atom. The fourth-order valence-corrected chi connectivity index (χ4v) is 2.24. The smallest absolute Gasteiger partial charge is 0.200 e. The number of nitrogens with one attached hydrogen (secondary N) is 1. The molecule has 0 saturated heterocycles. The highest BCUT2D eigenvalue weighted by Crippen LogP contribution is 2.09. The lowest BCUT2D eigenvalue weighted by atomic mass is 10.2. The summed E-state index contributed by atoms with van der Waals surface area (Å²) >= 11 is 11.0. The van der Waals surface area contributed by atoms with Crippen molar-refractivity contribution in [3.8, 4) is 0 Å². The average Bonchev–Trinajstić information content (AvgIpc) is 2.31. The first-order valence-corrected chi connectivity index (χ1v) is 7.30. The van der Waals surface area contributed by atoms with Crippen molar-refractivity contribution in [2.24, 2.45) is 5.10 Å². The van der Waals surface area contributed by atoms with Gasteiger partial charge in [-0.3, -0.25) is 0 Å². The van der Waals surface area contributed by atoms with E-state index in [1.54, 1.807) is 12.1 Å². The molecule has 1 aromatic rings. The maximum absolute atomic E-state index is 11.8. The molecule has 0 aliphatic heterocycles. The van der Waals surface area contributed by atoms with Gasteiger partial charge in [0, 0.05) is 0 Å². The van der Waals surface area contributed by atoms with Gasteiger partial charge in [0.15, 0.2) is 0 Å². The van der Waals surface area contributed by atoms with Crippen LogP contribution >= 0.6 is 23.2 Å². The molecule has 17 heavy (non-hydrogen) atoms. The second-order valence-electron chi connectivity index (χ2n) is 3.35. The zero-order chi connectivity index (χ0) is 12.9. The van der Waals surface area contributed by atoms with Gasteiger partial charge in [-0.15, -0.1) is 23.2 Å². The molecule has 7 heteroatoms. The molecule has 0 fully saturated rings. The summed E-state index contributed by atoms with van der Waals surface area (Å²) in [6.45, 7) is 1.88. The summed E-state index contributed by atoms with van der Waals surface area (Å²) < 4.78 is 23.6. The van der Waals surface area contributed by atoms with Gasteiger partial charge in [0.05, 0.1) is 22.4 Å². The molecule has 94 valence electrons. The van der Waals surface area contributed by atoms with Crippen LogP contribution in [-0.4, -0.2) is 25.9 Å². The topological polar surface area (TPSA) is 58.5 Å². The molecule has 0 atom stereocenters. The van der Waals surface area contributed by atoms with Crippen LogP contribution in [0.25, 0.3) is 0 Å². The molecule has 0 radical (unpaired) electrons. The first-order valence-electron chi connectivity index (χ1n) is 4.75. The van der Waals surface area contributed by atoms with E-state index in [0.717, 1.165) is 5.56 Å². The Hall–Kier alpha value is -0.780. The lowest BCUT2D eigenvalue weighted by molar-refractivity contribution is 0.584. The highest BCUT2D eigenvalue weighted by atomic mass is 35.5. The normalized spacial score (nSPS) is 11.0. The summed E-state index contributed by atoms with van der Waals surface area (Å²) in [4.78, 5) is 2.24. The van der Waals surface area contributed by atoms with Crippen LogP contribution in [-0.2, 0) is 10.0 Å². The van der Waals surface area contributed by atoms with Gasteiger partial charge in [0.1, 0.15) is 0 Å². The van der Waals surface area contributed by atoms with Crippen LogP contribution in [0.15, 0.2) is 34.3 Å². The monoisotopic (exact) mass is 294 g/mol. The Labute approximate surface area is 111 Å². The zero-order valence-electron chi connectivity index (χ0n) is 9.15. The minimum atomic E-state index is -3.65. The van der Waals surface area contributed by atoms with E-state index in [2.05, 4.69) is 9.93 Å². The quantitative estimate of drug-likeness (QED) is 0.514. The Bertz CT molecular complexity index is 492. The van der Waals surface area contributed by atoms with E-state index in [1.165, 1.54) is 12.1 Å². The number of hydrogen-bond acceptors (Lipinski definition) is 3. The number of benzene rings is 1. The van der Waals surface area contributed by atoms with Gasteiger partial charge in [0.2, 0.25) is 0 Å². The third-order valence-corrected chi connectivity index (χ3v) is 3.81. The Balaban J connectivity index is 2.89. The molecule has 1 rings (SSSR count). The Morgan fingerprint density at radius 1 is 1.24 bits per heavy atom. The van der Waals surface area contributed by atoms with Crippen molar-refractivity contribution in [2.45, 2.75) is 11.8 Å². The Morgan fingerprint density at radius 2 is 1.76 bits per heavy atom. The number of nitrogens with zero attached hydrogens (tertiary/aromatic N) is 1. The highest BCUT2D eigenvalue weighted by molar-refractivity contribution is 7.89. The molecule has 0 bridgehead atoms. The number of hydrogen-bond donors (Lipinski definition) is 1. The van der Waals surface area contributed by atoms with E-state index in [1.807, 2.05) is 6.92 Å². The van der Waals surface area contributed by atoms with Crippen molar-refractivity contribution in [3.05, 3.63) is 29.8 Å². The number of hydrazone groups is 1. The molecule has 0 unspecified atom stereocenters. The second-order valence-corrected chi connectivity index (χ2v) is 5.55. The van der Waals surface area contributed by atoms with Gasteiger partial charge < -0.3 is 0 Å². The maximum atomic E-state index is 11.8. The van der Waals surface area contributed by atoms with E-state index < -0.39 is 10.0 Å². The minimum absolute atomic E-state index is 0.0833. The first kappa shape index (κ1) is 14.3. The highest BCUT2D eigenvalue weighted by Gasteiger charge is 2.12. The van der Waals surface area contributed by atoms with Crippen LogP contribution in [0.3, 0.4) is 0 Å². The van der Waals surface area contributed by atoms with Crippen LogP contribution in [0, 0.1) is 6.92 Å². The molecular weight excluding hydrogens is 283 g/mol. The van der Waals surface area contributed by atoms with Crippen LogP contribution in [0.5, 0.6) is 0 Å². The van der Waals surface area contributed by atoms with Crippen LogP contribution in [0.2, 0.25) is 0 Å². The minimum Gasteiger partial charge on any atom is -0.200 e. The summed E-state index contributed by atoms with van der Waals surface area (Å²) in [6, 6.07) is 6.44. The van der Waals surface area contributed by atoms with Crippen molar-refractivity contribution >= 4 is 38.9 Å². The first-order chi connectivity index (χ1) is 7.99. The van der Waals surface area contributed by atoms with Crippen LogP contribution in [0.4, 0.5) is 0 Å². The molecule has 0 amide bonds. The fraction of sp³-hybridized carbons (Fsp3) is 0.300. The molecule has 0 aliphatic rings. The molecule has 0 saturated carbocycles. The van der Waals surface area contributed by atoms with E-state index >= 15 is 0 Å². The summed E-state index contributed by atoms with van der Waals surface area (Å²) in [7, 11) is -3.65. The van der Waals surface area contributed by atoms with Crippen LogP contribution < -0.4 is 4.83 Å². The summed E-state index contributed by atoms with van der Waals surface area (Å²) in [5.41, 5.74) is 1.35. The van der Waals surface area contributed by atoms with E-state index in [9.17, 15) is 8.42 Å². The van der Waals surface area contributed by atoms with Gasteiger partial charge in [-0.1, -0.05) is 17.7 Å². The largest absolute Gasteiger partial charge is 0.276 e. The molecule has 0 aromatic heterocycles. The standard InChI is InChI=1S/C10H12Cl2N2O2S/c1-8-2-4-10(5-3-8)17(15,16)14-13-9(6-11)7-12/h2-5,14H,6-7H2,1H3. The molecule has 0 spiro atoms. The van der Waals surface area contributed by atoms with E-state index in [-0.39, 0.29) is 16.7 Å². The van der Waals surface area contributed by atoms with Crippen molar-refractivity contribution in [2.75, 3.05) is 11.8 Å². The van der Waals surface area contributed by atoms with Gasteiger partial charge in [-0.2, -0.15) is 13.5 Å². The predicted octanol–water partition coefficient (Wildman–Crippen LogP) is 2.11. The van der Waals surface area contributed by atoms with Crippen molar-refractivity contribution in [3.63, 3.8) is 0 Å². The number of alkyl halides is 2. The fourth-order valence-electron chi connectivity index (χ4n) is 0.990. The molecule has 1 N–H and O–H groups in total. The summed E-state index contributed by atoms with van der Waals surface area (Å²) in [6.07, 6.45) is 0. The third-order valence-electron chi connectivity index (χ3n) is 1.96. The second kappa shape index (κ2) is 6.23. The van der Waals surface area contributed by atoms with Crippen molar-refractivity contribution < 1.29 is 8.42 Å². The number of halogens is 2. The van der Waals surface area contributed by atoms with E-state index in [0.29, 0.717) is 5.71 Å². The lowest BCUT2D eigenvalue weighted by Crippen LogP contribution is -2.21. The Kier molecular flexibility index (Phi) is 5.24. The van der Waals surface area contributed by atoms with Crippen molar-refractivity contribution in [1.82, 2.24) is 4.83 Å². The molecular formula is C10H12Cl2N2O2S. The number of rotatable bonds is 5. The zero-order valence-corrected chi connectivity index (χ0v) is 11.5. The van der Waals surface area contributed by atoms with Gasteiger partial charge in [-0.25, -0.2) is 4.83 Å². The third kappa shape index (κ3) is 4.18. The van der Waals surface area contributed by atoms with E-state index in [4.69, 9.17) is 23.2 Å². The van der Waals surface area contributed by atoms with Gasteiger partial charge in [-0.05, 0) is 19.1 Å². The van der Waals surface area contributed by atoms with Crippen molar-refractivity contribution in [1.29, 1.82) is 0 Å². The predicted molar refractivity (Wildman–Crippen MR) is 70.4 cm³/mol. The average molecular weight is 295 g/mol. The lowest BCUT2D eigenvalue weighted by Gasteiger charge is -2.04. The number of aryl methyl sites for hydroxylation is 1. The number of sulfonamides is 1. The molecule has 0 aliphatic carbocycles. The van der Waals surface area contributed by atoms with Crippen LogP contribution in [0.1, 0.15) is 5.56 Å². The van der Waals surface area contributed by atoms with Gasteiger partial charge >= 0.3 is 0 Å². The van der Waals surface area contributed by atoms with Gasteiger partial charge in [0.25, 0.3) is 10.0 Å². The molecule has 1 aromatic carbocycles.